The summed E-state index contributed by atoms with van der Waals surface area (Å²) in [5.41, 5.74) is 1.16. The summed E-state index contributed by atoms with van der Waals surface area (Å²) in [5, 5.41) is 9.48. The molecule has 1 aromatic carbocycles. The number of ether oxygens (including phenoxy) is 1. The van der Waals surface area contributed by atoms with Crippen LogP contribution in [0.25, 0.3) is 6.08 Å². The summed E-state index contributed by atoms with van der Waals surface area (Å²) in [6.45, 7) is 2.58. The van der Waals surface area contributed by atoms with Crippen molar-refractivity contribution >= 4 is 23.4 Å². The predicted molar refractivity (Wildman–Crippen MR) is 79.2 cm³/mol. The van der Waals surface area contributed by atoms with E-state index in [-0.39, 0.29) is 0 Å². The van der Waals surface area contributed by atoms with E-state index in [0.29, 0.717) is 13.0 Å². The summed E-state index contributed by atoms with van der Waals surface area (Å²) in [6.07, 6.45) is 5.04. The van der Waals surface area contributed by atoms with E-state index in [1.807, 2.05) is 31.2 Å². The Morgan fingerprint density at radius 3 is 3.10 bits per heavy atom. The van der Waals surface area contributed by atoms with Crippen LogP contribution in [0.15, 0.2) is 36.5 Å². The Morgan fingerprint density at radius 2 is 2.35 bits per heavy atom. The van der Waals surface area contributed by atoms with Crippen LogP contribution in [0.3, 0.4) is 0 Å². The molecule has 0 bridgehead atoms. The number of benzene rings is 1. The van der Waals surface area contributed by atoms with E-state index in [9.17, 15) is 4.79 Å². The molecule has 1 aromatic heterocycles. The molecule has 104 valence electrons. The van der Waals surface area contributed by atoms with Crippen LogP contribution in [-0.4, -0.2) is 22.7 Å². The molecule has 20 heavy (non-hydrogen) atoms. The highest BCUT2D eigenvalue weighted by molar-refractivity contribution is 7.12. The third kappa shape index (κ3) is 4.51. The highest BCUT2D eigenvalue weighted by Gasteiger charge is 2.01. The molecule has 0 fully saturated rings. The Kier molecular flexibility index (Phi) is 4.90. The van der Waals surface area contributed by atoms with Crippen molar-refractivity contribution in [3.63, 3.8) is 0 Å². The van der Waals surface area contributed by atoms with Gasteiger partial charge in [-0.2, -0.15) is 0 Å². The molecule has 0 aliphatic carbocycles. The Morgan fingerprint density at radius 1 is 1.50 bits per heavy atom. The SMILES string of the molecule is Cc1cccc(OCCc2ncc(/C=C/C(=O)O)s2)c1. The lowest BCUT2D eigenvalue weighted by atomic mass is 10.2. The van der Waals surface area contributed by atoms with E-state index in [1.165, 1.54) is 11.3 Å². The minimum atomic E-state index is -0.956. The lowest BCUT2D eigenvalue weighted by Crippen LogP contribution is -2.00. The molecular weight excluding hydrogens is 274 g/mol. The summed E-state index contributed by atoms with van der Waals surface area (Å²) < 4.78 is 5.65. The molecule has 0 aliphatic rings. The number of hydrogen-bond acceptors (Lipinski definition) is 4. The van der Waals surface area contributed by atoms with Crippen LogP contribution >= 0.6 is 11.3 Å². The van der Waals surface area contributed by atoms with E-state index < -0.39 is 5.97 Å². The third-order valence-electron chi connectivity index (χ3n) is 2.54. The van der Waals surface area contributed by atoms with Gasteiger partial charge in [-0.25, -0.2) is 9.78 Å². The van der Waals surface area contributed by atoms with Crippen molar-refractivity contribution in [1.29, 1.82) is 0 Å². The fraction of sp³-hybridized carbons (Fsp3) is 0.200. The molecular formula is C15H15NO3S. The maximum atomic E-state index is 10.4. The molecule has 0 saturated heterocycles. The van der Waals surface area contributed by atoms with Crippen molar-refractivity contribution in [3.8, 4) is 5.75 Å². The van der Waals surface area contributed by atoms with Crippen LogP contribution in [0.5, 0.6) is 5.75 Å². The van der Waals surface area contributed by atoms with Crippen molar-refractivity contribution in [2.75, 3.05) is 6.61 Å². The standard InChI is InChI=1S/C15H15NO3S/c1-11-3-2-4-12(9-11)19-8-7-14-16-10-13(20-14)5-6-15(17)18/h2-6,9-10H,7-8H2,1H3,(H,17,18)/b6-5+. The summed E-state index contributed by atoms with van der Waals surface area (Å²) in [4.78, 5) is 15.5. The molecule has 0 saturated carbocycles. The van der Waals surface area contributed by atoms with E-state index >= 15 is 0 Å². The smallest absolute Gasteiger partial charge is 0.328 e. The van der Waals surface area contributed by atoms with Gasteiger partial charge < -0.3 is 9.84 Å². The average molecular weight is 289 g/mol. The second-order valence-electron chi connectivity index (χ2n) is 4.24. The molecule has 4 nitrogen and oxygen atoms in total. The number of aryl methyl sites for hydroxylation is 1. The summed E-state index contributed by atoms with van der Waals surface area (Å²) >= 11 is 1.47. The zero-order chi connectivity index (χ0) is 14.4. The minimum absolute atomic E-state index is 0.555. The first-order valence-electron chi connectivity index (χ1n) is 6.18. The zero-order valence-electron chi connectivity index (χ0n) is 11.1. The first-order chi connectivity index (χ1) is 9.63. The summed E-state index contributed by atoms with van der Waals surface area (Å²) in [7, 11) is 0. The van der Waals surface area contributed by atoms with E-state index in [0.717, 1.165) is 27.3 Å². The second kappa shape index (κ2) is 6.86. The molecule has 1 N–H and O–H groups in total. The zero-order valence-corrected chi connectivity index (χ0v) is 11.9. The van der Waals surface area contributed by atoms with Crippen LogP contribution in [0.4, 0.5) is 0 Å². The molecule has 0 aliphatic heterocycles. The predicted octanol–water partition coefficient (Wildman–Crippen LogP) is 3.17. The van der Waals surface area contributed by atoms with Crippen molar-refractivity contribution in [3.05, 3.63) is 52.0 Å². The maximum absolute atomic E-state index is 10.4. The highest BCUT2D eigenvalue weighted by atomic mass is 32.1. The first-order valence-corrected chi connectivity index (χ1v) is 7.00. The van der Waals surface area contributed by atoms with Crippen molar-refractivity contribution < 1.29 is 14.6 Å². The molecule has 0 spiro atoms. The van der Waals surface area contributed by atoms with Crippen LogP contribution in [0.1, 0.15) is 15.4 Å². The van der Waals surface area contributed by atoms with Crippen molar-refractivity contribution in [1.82, 2.24) is 4.98 Å². The number of carbonyl (C=O) groups is 1. The summed E-state index contributed by atoms with van der Waals surface area (Å²) in [5.74, 6) is -0.102. The maximum Gasteiger partial charge on any atom is 0.328 e. The van der Waals surface area contributed by atoms with Gasteiger partial charge in [0.05, 0.1) is 11.6 Å². The Bertz CT molecular complexity index is 619. The summed E-state index contributed by atoms with van der Waals surface area (Å²) in [6, 6.07) is 7.90. The van der Waals surface area contributed by atoms with Crippen LogP contribution in [0.2, 0.25) is 0 Å². The molecule has 5 heteroatoms. The lowest BCUT2D eigenvalue weighted by molar-refractivity contribution is -0.131. The van der Waals surface area contributed by atoms with E-state index in [1.54, 1.807) is 12.3 Å². The van der Waals surface area contributed by atoms with Gasteiger partial charge in [0, 0.05) is 23.6 Å². The van der Waals surface area contributed by atoms with Gasteiger partial charge in [0.15, 0.2) is 0 Å². The molecule has 0 atom stereocenters. The van der Waals surface area contributed by atoms with Gasteiger partial charge in [-0.1, -0.05) is 12.1 Å². The van der Waals surface area contributed by atoms with Gasteiger partial charge in [0.2, 0.25) is 0 Å². The van der Waals surface area contributed by atoms with Crippen LogP contribution in [-0.2, 0) is 11.2 Å². The van der Waals surface area contributed by atoms with Crippen LogP contribution in [0, 0.1) is 6.92 Å². The Hall–Kier alpha value is -2.14. The highest BCUT2D eigenvalue weighted by Crippen LogP contribution is 2.16. The molecule has 2 rings (SSSR count). The number of carboxylic acids is 1. The van der Waals surface area contributed by atoms with Gasteiger partial charge in [-0.3, -0.25) is 0 Å². The lowest BCUT2D eigenvalue weighted by Gasteiger charge is -2.05. The Labute approximate surface area is 121 Å². The second-order valence-corrected chi connectivity index (χ2v) is 5.39. The first kappa shape index (κ1) is 14.3. The van der Waals surface area contributed by atoms with Crippen molar-refractivity contribution in [2.24, 2.45) is 0 Å². The fourth-order valence-corrected chi connectivity index (χ4v) is 2.44. The van der Waals surface area contributed by atoms with Gasteiger partial charge >= 0.3 is 5.97 Å². The van der Waals surface area contributed by atoms with Crippen LogP contribution < -0.4 is 4.74 Å². The third-order valence-corrected chi connectivity index (χ3v) is 3.56. The fourth-order valence-electron chi connectivity index (χ4n) is 1.63. The van der Waals surface area contributed by atoms with E-state index in [2.05, 4.69) is 4.98 Å². The van der Waals surface area contributed by atoms with Gasteiger partial charge in [0.25, 0.3) is 0 Å². The largest absolute Gasteiger partial charge is 0.493 e. The van der Waals surface area contributed by atoms with Gasteiger partial charge in [-0.15, -0.1) is 11.3 Å². The number of rotatable bonds is 6. The minimum Gasteiger partial charge on any atom is -0.493 e. The van der Waals surface area contributed by atoms with Gasteiger partial charge in [0.1, 0.15) is 5.75 Å². The Balaban J connectivity index is 1.84. The number of thiazole rings is 1. The number of carboxylic acid groups (broad SMARTS) is 1. The molecule has 0 radical (unpaired) electrons. The molecule has 1 heterocycles. The van der Waals surface area contributed by atoms with E-state index in [4.69, 9.17) is 9.84 Å². The number of hydrogen-bond donors (Lipinski definition) is 1. The molecule has 2 aromatic rings. The topological polar surface area (TPSA) is 59.4 Å². The molecule has 0 amide bonds. The molecule has 0 unspecified atom stereocenters. The van der Waals surface area contributed by atoms with Crippen molar-refractivity contribution in [2.45, 2.75) is 13.3 Å². The normalized spacial score (nSPS) is 10.8. The number of aliphatic carboxylic acids is 1. The quantitative estimate of drug-likeness (QED) is 0.830. The monoisotopic (exact) mass is 289 g/mol. The number of nitrogens with zero attached hydrogens (tertiary/aromatic N) is 1. The average Bonchev–Trinajstić information content (AvgIpc) is 2.84. The number of aromatic nitrogens is 1. The van der Waals surface area contributed by atoms with Gasteiger partial charge in [-0.05, 0) is 30.7 Å².